The Hall–Kier alpha value is -1.89. The molecule has 1 aliphatic rings. The standard InChI is InChI=1S/C13H15N3O.H2/c1-9(2)10-3-4-11(15-7-10)12(17)16-13(8-14)5-6-13;/h3-4,7,9H,5-6H2,1-2H3,(H,16,17);1H. The van der Waals surface area contributed by atoms with Crippen LogP contribution in [0, 0.1) is 11.3 Å². The molecule has 1 heterocycles. The summed E-state index contributed by atoms with van der Waals surface area (Å²) in [7, 11) is 0. The van der Waals surface area contributed by atoms with Crippen LogP contribution in [0.1, 0.15) is 50.1 Å². The Morgan fingerprint density at radius 1 is 1.59 bits per heavy atom. The van der Waals surface area contributed by atoms with E-state index in [-0.39, 0.29) is 7.33 Å². The zero-order chi connectivity index (χ0) is 12.5. The number of carbonyl (C=O) groups is 1. The average Bonchev–Trinajstić information content (AvgIpc) is 3.09. The number of nitriles is 1. The van der Waals surface area contributed by atoms with E-state index in [1.807, 2.05) is 6.07 Å². The van der Waals surface area contributed by atoms with Crippen LogP contribution in [0.15, 0.2) is 18.3 Å². The van der Waals surface area contributed by atoms with Crippen molar-refractivity contribution in [2.45, 2.75) is 38.1 Å². The van der Waals surface area contributed by atoms with Gasteiger partial charge >= 0.3 is 0 Å². The molecule has 1 N–H and O–H groups in total. The van der Waals surface area contributed by atoms with Gasteiger partial charge in [0.05, 0.1) is 6.07 Å². The van der Waals surface area contributed by atoms with Gasteiger partial charge < -0.3 is 5.32 Å². The van der Waals surface area contributed by atoms with Gasteiger partial charge in [0.2, 0.25) is 0 Å². The fourth-order valence-electron chi connectivity index (χ4n) is 1.55. The van der Waals surface area contributed by atoms with Gasteiger partial charge in [0.15, 0.2) is 0 Å². The summed E-state index contributed by atoms with van der Waals surface area (Å²) in [6.45, 7) is 4.15. The summed E-state index contributed by atoms with van der Waals surface area (Å²) in [6, 6.07) is 5.73. The van der Waals surface area contributed by atoms with Crippen molar-refractivity contribution in [3.63, 3.8) is 0 Å². The van der Waals surface area contributed by atoms with E-state index in [0.29, 0.717) is 11.6 Å². The second kappa shape index (κ2) is 4.17. The first-order chi connectivity index (χ1) is 8.06. The molecule has 1 aromatic rings. The average molecular weight is 231 g/mol. The second-order valence-corrected chi connectivity index (χ2v) is 4.78. The van der Waals surface area contributed by atoms with E-state index >= 15 is 0 Å². The van der Waals surface area contributed by atoms with E-state index in [1.165, 1.54) is 0 Å². The van der Waals surface area contributed by atoms with E-state index in [9.17, 15) is 4.79 Å². The van der Waals surface area contributed by atoms with Crippen molar-refractivity contribution in [3.05, 3.63) is 29.6 Å². The maximum Gasteiger partial charge on any atom is 0.271 e. The number of amides is 1. The van der Waals surface area contributed by atoms with Crippen LogP contribution in [0.4, 0.5) is 0 Å². The highest BCUT2D eigenvalue weighted by Gasteiger charge is 2.44. The van der Waals surface area contributed by atoms with Crippen molar-refractivity contribution in [3.8, 4) is 6.07 Å². The summed E-state index contributed by atoms with van der Waals surface area (Å²) in [5.41, 5.74) is 0.842. The maximum absolute atomic E-state index is 11.8. The zero-order valence-corrected chi connectivity index (χ0v) is 10.0. The molecule has 0 aliphatic heterocycles. The van der Waals surface area contributed by atoms with Crippen LogP contribution < -0.4 is 5.32 Å². The molecule has 1 aromatic heterocycles. The molecule has 1 aliphatic carbocycles. The molecule has 4 heteroatoms. The summed E-state index contributed by atoms with van der Waals surface area (Å²) >= 11 is 0. The van der Waals surface area contributed by atoms with Crippen LogP contribution in [0.25, 0.3) is 0 Å². The smallest absolute Gasteiger partial charge is 0.271 e. The van der Waals surface area contributed by atoms with E-state index in [4.69, 9.17) is 5.26 Å². The van der Waals surface area contributed by atoms with Crippen molar-refractivity contribution in [1.29, 1.82) is 5.26 Å². The van der Waals surface area contributed by atoms with Gasteiger partial charge in [0.25, 0.3) is 5.91 Å². The van der Waals surface area contributed by atoms with Crippen LogP contribution >= 0.6 is 0 Å². The van der Waals surface area contributed by atoms with Crippen LogP contribution in [0.2, 0.25) is 0 Å². The Kier molecular flexibility index (Phi) is 2.84. The fraction of sp³-hybridized carbons (Fsp3) is 0.462. The summed E-state index contributed by atoms with van der Waals surface area (Å²) in [4.78, 5) is 15.9. The van der Waals surface area contributed by atoms with Crippen molar-refractivity contribution in [2.24, 2.45) is 0 Å². The maximum atomic E-state index is 11.8. The largest absolute Gasteiger partial charge is 0.332 e. The number of rotatable bonds is 3. The molecule has 1 saturated carbocycles. The predicted molar refractivity (Wildman–Crippen MR) is 65.5 cm³/mol. The Balaban J connectivity index is 0.00000162. The Morgan fingerprint density at radius 3 is 2.71 bits per heavy atom. The fourth-order valence-corrected chi connectivity index (χ4v) is 1.55. The van der Waals surface area contributed by atoms with Crippen molar-refractivity contribution in [2.75, 3.05) is 0 Å². The highest BCUT2D eigenvalue weighted by molar-refractivity contribution is 5.93. The topological polar surface area (TPSA) is 65.8 Å². The molecule has 0 saturated heterocycles. The molecular weight excluding hydrogens is 214 g/mol. The highest BCUT2D eigenvalue weighted by atomic mass is 16.2. The first-order valence-corrected chi connectivity index (χ1v) is 5.76. The summed E-state index contributed by atoms with van der Waals surface area (Å²) in [5.74, 6) is 0.132. The molecule has 0 atom stereocenters. The predicted octanol–water partition coefficient (Wildman–Crippen LogP) is 2.24. The molecule has 0 unspecified atom stereocenters. The number of pyridine rings is 1. The molecule has 90 valence electrons. The third kappa shape index (κ3) is 2.44. The first-order valence-electron chi connectivity index (χ1n) is 5.76. The summed E-state index contributed by atoms with van der Waals surface area (Å²) in [5, 5.41) is 11.6. The lowest BCUT2D eigenvalue weighted by molar-refractivity contribution is 0.0936. The lowest BCUT2D eigenvalue weighted by atomic mass is 10.1. The molecular formula is C13H17N3O. The van der Waals surface area contributed by atoms with Gasteiger partial charge in [-0.2, -0.15) is 5.26 Å². The Morgan fingerprint density at radius 2 is 2.29 bits per heavy atom. The minimum absolute atomic E-state index is 0. The number of hydrogen-bond donors (Lipinski definition) is 1. The van der Waals surface area contributed by atoms with E-state index in [1.54, 1.807) is 12.3 Å². The normalized spacial score (nSPS) is 16.4. The van der Waals surface area contributed by atoms with Crippen molar-refractivity contribution in [1.82, 2.24) is 10.3 Å². The van der Waals surface area contributed by atoms with Gasteiger partial charge in [-0.15, -0.1) is 0 Å². The zero-order valence-electron chi connectivity index (χ0n) is 10.0. The molecule has 17 heavy (non-hydrogen) atoms. The third-order valence-corrected chi connectivity index (χ3v) is 3.00. The molecule has 0 bridgehead atoms. The third-order valence-electron chi connectivity index (χ3n) is 3.00. The number of nitrogens with one attached hydrogen (secondary N) is 1. The van der Waals surface area contributed by atoms with Crippen LogP contribution in [-0.2, 0) is 0 Å². The van der Waals surface area contributed by atoms with Crippen LogP contribution in [-0.4, -0.2) is 16.4 Å². The van der Waals surface area contributed by atoms with E-state index in [2.05, 4.69) is 30.2 Å². The molecule has 4 nitrogen and oxygen atoms in total. The van der Waals surface area contributed by atoms with Gasteiger partial charge in [0, 0.05) is 7.62 Å². The monoisotopic (exact) mass is 231 g/mol. The first kappa shape index (κ1) is 11.6. The van der Waals surface area contributed by atoms with E-state index in [0.717, 1.165) is 18.4 Å². The molecule has 0 radical (unpaired) electrons. The van der Waals surface area contributed by atoms with Gasteiger partial charge in [-0.05, 0) is 30.4 Å². The second-order valence-electron chi connectivity index (χ2n) is 4.78. The van der Waals surface area contributed by atoms with Gasteiger partial charge in [-0.25, -0.2) is 0 Å². The number of nitrogens with zero attached hydrogens (tertiary/aromatic N) is 2. The van der Waals surface area contributed by atoms with E-state index < -0.39 is 5.54 Å². The number of hydrogen-bond acceptors (Lipinski definition) is 3. The van der Waals surface area contributed by atoms with Gasteiger partial charge in [0.1, 0.15) is 11.2 Å². The minimum atomic E-state index is -0.629. The molecule has 0 spiro atoms. The van der Waals surface area contributed by atoms with Gasteiger partial charge in [-0.1, -0.05) is 19.9 Å². The summed E-state index contributed by atoms with van der Waals surface area (Å²) in [6.07, 6.45) is 3.18. The lowest BCUT2D eigenvalue weighted by Crippen LogP contribution is -2.36. The minimum Gasteiger partial charge on any atom is -0.332 e. The molecule has 2 rings (SSSR count). The molecule has 0 aromatic carbocycles. The quantitative estimate of drug-likeness (QED) is 0.867. The Bertz CT molecular complexity index is 472. The van der Waals surface area contributed by atoms with Crippen molar-refractivity contribution >= 4 is 5.91 Å². The molecule has 1 fully saturated rings. The lowest BCUT2D eigenvalue weighted by Gasteiger charge is -2.09. The molecule has 1 amide bonds. The van der Waals surface area contributed by atoms with Crippen LogP contribution in [0.3, 0.4) is 0 Å². The SMILES string of the molecule is CC(C)c1ccc(C(=O)NC2(C#N)CC2)nc1.[HH]. The number of carbonyl (C=O) groups excluding carboxylic acids is 1. The number of aromatic nitrogens is 1. The van der Waals surface area contributed by atoms with Crippen LogP contribution in [0.5, 0.6) is 0 Å². The highest BCUT2D eigenvalue weighted by Crippen LogP contribution is 2.34. The van der Waals surface area contributed by atoms with Crippen molar-refractivity contribution < 1.29 is 6.22 Å². The summed E-state index contributed by atoms with van der Waals surface area (Å²) < 4.78 is 0. The van der Waals surface area contributed by atoms with Gasteiger partial charge in [-0.3, -0.25) is 9.78 Å². The Labute approximate surface area is 102 Å².